The van der Waals surface area contributed by atoms with E-state index in [1.54, 1.807) is 24.5 Å². The highest BCUT2D eigenvalue weighted by Gasteiger charge is 2.17. The molecule has 0 bridgehead atoms. The largest absolute Gasteiger partial charge is 0.369 e. The van der Waals surface area contributed by atoms with Crippen LogP contribution >= 0.6 is 0 Å². The smallest absolute Gasteiger partial charge is 0.140 e. The van der Waals surface area contributed by atoms with Gasteiger partial charge in [-0.1, -0.05) is 37.3 Å². The molecule has 2 aromatic carbocycles. The molecule has 0 amide bonds. The van der Waals surface area contributed by atoms with Gasteiger partial charge in [0.25, 0.3) is 0 Å². The summed E-state index contributed by atoms with van der Waals surface area (Å²) in [5, 5.41) is 4.47. The monoisotopic (exact) mass is 422 g/mol. The highest BCUT2D eigenvalue weighted by atomic mass is 19.1. The van der Waals surface area contributed by atoms with Gasteiger partial charge in [-0.25, -0.2) is 9.37 Å². The number of hydrogen-bond acceptors (Lipinski definition) is 3. The molecule has 0 aliphatic carbocycles. The maximum Gasteiger partial charge on any atom is 0.140 e. The van der Waals surface area contributed by atoms with Crippen LogP contribution in [0.4, 0.5) is 10.2 Å². The summed E-state index contributed by atoms with van der Waals surface area (Å²) in [6, 6.07) is 25.0. The zero-order valence-electron chi connectivity index (χ0n) is 17.7. The molecule has 0 fully saturated rings. The Balaban J connectivity index is 1.51. The molecular formula is C27H23FN4. The lowest BCUT2D eigenvalue weighted by atomic mass is 10.00. The molecule has 4 nitrogen and oxygen atoms in total. The van der Waals surface area contributed by atoms with E-state index in [2.05, 4.69) is 52.5 Å². The summed E-state index contributed by atoms with van der Waals surface area (Å²) >= 11 is 0. The third kappa shape index (κ3) is 3.97. The number of pyridine rings is 2. The fourth-order valence-corrected chi connectivity index (χ4v) is 3.98. The molecule has 158 valence electrons. The second kappa shape index (κ2) is 8.63. The fraction of sp³-hybridized carbons (Fsp3) is 0.111. The highest BCUT2D eigenvalue weighted by molar-refractivity contribution is 6.02. The van der Waals surface area contributed by atoms with Crippen molar-refractivity contribution in [3.05, 3.63) is 103 Å². The number of benzene rings is 2. The first-order valence-corrected chi connectivity index (χ1v) is 10.7. The first-order valence-electron chi connectivity index (χ1n) is 10.7. The van der Waals surface area contributed by atoms with Crippen LogP contribution in [-0.2, 0) is 0 Å². The Morgan fingerprint density at radius 2 is 1.62 bits per heavy atom. The van der Waals surface area contributed by atoms with Gasteiger partial charge >= 0.3 is 0 Å². The van der Waals surface area contributed by atoms with E-state index in [0.29, 0.717) is 5.92 Å². The lowest BCUT2D eigenvalue weighted by Gasteiger charge is -2.13. The van der Waals surface area contributed by atoms with E-state index in [1.165, 1.54) is 17.7 Å². The van der Waals surface area contributed by atoms with Gasteiger partial charge in [0.1, 0.15) is 17.3 Å². The summed E-state index contributed by atoms with van der Waals surface area (Å²) in [6.45, 7) is 2.98. The van der Waals surface area contributed by atoms with E-state index in [9.17, 15) is 4.39 Å². The number of hydrogen-bond donors (Lipinski definition) is 2. The van der Waals surface area contributed by atoms with Gasteiger partial charge in [0.2, 0.25) is 0 Å². The molecule has 3 heterocycles. The van der Waals surface area contributed by atoms with Gasteiger partial charge in [-0.15, -0.1) is 0 Å². The van der Waals surface area contributed by atoms with Crippen molar-refractivity contribution in [1.29, 1.82) is 0 Å². The van der Waals surface area contributed by atoms with Crippen molar-refractivity contribution in [3.63, 3.8) is 0 Å². The molecule has 5 rings (SSSR count). The van der Waals surface area contributed by atoms with Crippen LogP contribution < -0.4 is 5.32 Å². The highest BCUT2D eigenvalue weighted by Crippen LogP contribution is 2.38. The summed E-state index contributed by atoms with van der Waals surface area (Å²) < 4.78 is 13.5. The predicted molar refractivity (Wildman–Crippen MR) is 128 cm³/mol. The molecule has 2 N–H and O–H groups in total. The first-order chi connectivity index (χ1) is 15.7. The fourth-order valence-electron chi connectivity index (χ4n) is 3.98. The van der Waals surface area contributed by atoms with E-state index in [0.717, 1.165) is 45.8 Å². The second-order valence-electron chi connectivity index (χ2n) is 7.90. The second-order valence-corrected chi connectivity index (χ2v) is 7.90. The number of nitrogens with zero attached hydrogens (tertiary/aromatic N) is 2. The molecular weight excluding hydrogens is 399 g/mol. The molecule has 5 aromatic rings. The van der Waals surface area contributed by atoms with Crippen molar-refractivity contribution in [1.82, 2.24) is 15.0 Å². The van der Waals surface area contributed by atoms with Gasteiger partial charge in [0, 0.05) is 29.9 Å². The maximum absolute atomic E-state index is 13.5. The van der Waals surface area contributed by atoms with Crippen LogP contribution in [0.5, 0.6) is 0 Å². The van der Waals surface area contributed by atoms with Crippen LogP contribution in [-0.4, -0.2) is 21.5 Å². The van der Waals surface area contributed by atoms with Gasteiger partial charge < -0.3 is 10.3 Å². The summed E-state index contributed by atoms with van der Waals surface area (Å²) in [6.07, 6.45) is 3.55. The summed E-state index contributed by atoms with van der Waals surface area (Å²) in [7, 11) is 0. The standard InChI is InChI=1S/C27H23FN4/c1-18(19-5-3-2-4-6-19)17-30-24-12-11-23-25(20-13-15-29-16-14-20)26(32-27(23)31-24)21-7-9-22(28)10-8-21/h2-16,18H,17H2,1H3,(H2,30,31,32). The van der Waals surface area contributed by atoms with Crippen molar-refractivity contribution in [2.75, 3.05) is 11.9 Å². The van der Waals surface area contributed by atoms with E-state index >= 15 is 0 Å². The van der Waals surface area contributed by atoms with Crippen LogP contribution in [0.3, 0.4) is 0 Å². The molecule has 0 aliphatic rings. The Kier molecular flexibility index (Phi) is 5.38. The van der Waals surface area contributed by atoms with Gasteiger partial charge in [0.15, 0.2) is 0 Å². The third-order valence-corrected chi connectivity index (χ3v) is 5.72. The third-order valence-electron chi connectivity index (χ3n) is 5.72. The lowest BCUT2D eigenvalue weighted by Crippen LogP contribution is -2.10. The van der Waals surface area contributed by atoms with E-state index in [-0.39, 0.29) is 5.82 Å². The SMILES string of the molecule is CC(CNc1ccc2c(-c3ccncc3)c(-c3ccc(F)cc3)[nH]c2n1)c1ccccc1. The molecule has 0 saturated heterocycles. The lowest BCUT2D eigenvalue weighted by molar-refractivity contribution is 0.628. The molecule has 32 heavy (non-hydrogen) atoms. The predicted octanol–water partition coefficient (Wildman–Crippen LogP) is 6.65. The van der Waals surface area contributed by atoms with Gasteiger partial charge in [0.05, 0.1) is 5.69 Å². The Morgan fingerprint density at radius 1 is 0.875 bits per heavy atom. The summed E-state index contributed by atoms with van der Waals surface area (Å²) in [5.41, 5.74) is 5.96. The zero-order chi connectivity index (χ0) is 21.9. The molecule has 0 saturated carbocycles. The average molecular weight is 423 g/mol. The normalized spacial score (nSPS) is 12.1. The van der Waals surface area contributed by atoms with Gasteiger partial charge in [-0.05, 0) is 71.1 Å². The van der Waals surface area contributed by atoms with Crippen LogP contribution in [0.2, 0.25) is 0 Å². The Bertz CT molecular complexity index is 1330. The van der Waals surface area contributed by atoms with Gasteiger partial charge in [-0.2, -0.15) is 0 Å². The summed E-state index contributed by atoms with van der Waals surface area (Å²) in [4.78, 5) is 12.4. The number of H-pyrrole nitrogens is 1. The maximum atomic E-state index is 13.5. The van der Waals surface area contributed by atoms with E-state index in [1.807, 2.05) is 24.3 Å². The van der Waals surface area contributed by atoms with Crippen LogP contribution in [0.25, 0.3) is 33.4 Å². The Hall–Kier alpha value is -3.99. The molecule has 3 aromatic heterocycles. The number of halogens is 1. The van der Waals surface area contributed by atoms with Crippen molar-refractivity contribution in [2.45, 2.75) is 12.8 Å². The Morgan fingerprint density at radius 3 is 2.38 bits per heavy atom. The molecule has 1 atom stereocenters. The minimum absolute atomic E-state index is 0.257. The van der Waals surface area contributed by atoms with Crippen LogP contribution in [0.1, 0.15) is 18.4 Å². The van der Waals surface area contributed by atoms with Gasteiger partial charge in [-0.3, -0.25) is 4.98 Å². The Labute approximate surface area is 186 Å². The van der Waals surface area contributed by atoms with Crippen molar-refractivity contribution < 1.29 is 4.39 Å². The number of rotatable bonds is 6. The minimum atomic E-state index is -0.257. The average Bonchev–Trinajstić information content (AvgIpc) is 3.23. The zero-order valence-corrected chi connectivity index (χ0v) is 17.7. The number of nitrogens with one attached hydrogen (secondary N) is 2. The van der Waals surface area contributed by atoms with Crippen LogP contribution in [0.15, 0.2) is 91.3 Å². The van der Waals surface area contributed by atoms with E-state index < -0.39 is 0 Å². The minimum Gasteiger partial charge on any atom is -0.369 e. The summed E-state index contributed by atoms with van der Waals surface area (Å²) in [5.74, 6) is 0.917. The molecule has 5 heteroatoms. The van der Waals surface area contributed by atoms with Crippen molar-refractivity contribution in [2.24, 2.45) is 0 Å². The number of aromatic nitrogens is 3. The number of anilines is 1. The molecule has 0 radical (unpaired) electrons. The van der Waals surface area contributed by atoms with Crippen LogP contribution in [0, 0.1) is 5.82 Å². The van der Waals surface area contributed by atoms with E-state index in [4.69, 9.17) is 4.98 Å². The number of aromatic amines is 1. The quantitative estimate of drug-likeness (QED) is 0.322. The molecule has 1 unspecified atom stereocenters. The van der Waals surface area contributed by atoms with Crippen molar-refractivity contribution >= 4 is 16.9 Å². The molecule has 0 aliphatic heterocycles. The first kappa shape index (κ1) is 19.9. The molecule has 0 spiro atoms. The van der Waals surface area contributed by atoms with Crippen molar-refractivity contribution in [3.8, 4) is 22.4 Å². The topological polar surface area (TPSA) is 53.6 Å². The number of fused-ring (bicyclic) bond motifs is 1.